The summed E-state index contributed by atoms with van der Waals surface area (Å²) in [5, 5.41) is 8.99. The van der Waals surface area contributed by atoms with E-state index in [9.17, 15) is 9.59 Å². The van der Waals surface area contributed by atoms with Gasteiger partial charge in [0.1, 0.15) is 0 Å². The van der Waals surface area contributed by atoms with Gasteiger partial charge >= 0.3 is 5.97 Å². The van der Waals surface area contributed by atoms with E-state index in [1.807, 2.05) is 11.8 Å². The molecule has 1 N–H and O–H groups in total. The fourth-order valence-electron chi connectivity index (χ4n) is 2.88. The maximum Gasteiger partial charge on any atom is 0.306 e. The van der Waals surface area contributed by atoms with Crippen molar-refractivity contribution in [2.75, 3.05) is 13.2 Å². The lowest BCUT2D eigenvalue weighted by Gasteiger charge is -2.36. The van der Waals surface area contributed by atoms with Crippen LogP contribution < -0.4 is 0 Å². The molecule has 2 rings (SSSR count). The van der Waals surface area contributed by atoms with Crippen LogP contribution in [0.2, 0.25) is 0 Å². The fourth-order valence-corrected chi connectivity index (χ4v) is 2.88. The number of carboxylic acid groups (broad SMARTS) is 1. The maximum absolute atomic E-state index is 12.1. The maximum atomic E-state index is 12.1. The zero-order valence-corrected chi connectivity index (χ0v) is 10.8. The Balaban J connectivity index is 1.85. The number of carbonyl (C=O) groups excluding carboxylic acids is 1. The van der Waals surface area contributed by atoms with Crippen LogP contribution >= 0.6 is 0 Å². The summed E-state index contributed by atoms with van der Waals surface area (Å²) >= 11 is 0. The number of amides is 1. The fraction of sp³-hybridized carbons (Fsp3) is 0.846. The number of aliphatic carboxylic acids is 1. The quantitative estimate of drug-likeness (QED) is 0.824. The minimum atomic E-state index is -0.743. The molecular weight excluding hydrogens is 234 g/mol. The molecule has 0 aromatic heterocycles. The number of ether oxygens (including phenoxy) is 1. The number of hydrogen-bond donors (Lipinski definition) is 1. The highest BCUT2D eigenvalue weighted by atomic mass is 16.5. The number of carbonyl (C=O) groups is 2. The zero-order valence-electron chi connectivity index (χ0n) is 10.8. The van der Waals surface area contributed by atoms with E-state index in [0.717, 1.165) is 19.4 Å². The molecule has 0 aromatic rings. The first-order valence-corrected chi connectivity index (χ1v) is 6.72. The molecule has 3 atom stereocenters. The molecule has 2 aliphatic rings. The smallest absolute Gasteiger partial charge is 0.306 e. The number of likely N-dealkylation sites (tertiary alicyclic amines) is 1. The highest BCUT2D eigenvalue weighted by Gasteiger charge is 2.33. The Hall–Kier alpha value is -1.10. The summed E-state index contributed by atoms with van der Waals surface area (Å²) in [7, 11) is 0. The van der Waals surface area contributed by atoms with Gasteiger partial charge in [0.05, 0.1) is 18.4 Å². The number of piperidine rings is 1. The van der Waals surface area contributed by atoms with Crippen LogP contribution in [0.25, 0.3) is 0 Å². The van der Waals surface area contributed by atoms with E-state index in [0.29, 0.717) is 25.8 Å². The molecule has 18 heavy (non-hydrogen) atoms. The van der Waals surface area contributed by atoms with Gasteiger partial charge in [0.25, 0.3) is 0 Å². The molecule has 0 saturated carbocycles. The minimum absolute atomic E-state index is 0.0220. The van der Waals surface area contributed by atoms with Crippen LogP contribution in [0, 0.1) is 5.92 Å². The number of carboxylic acids is 1. The first kappa shape index (κ1) is 13.3. The Morgan fingerprint density at radius 2 is 2.17 bits per heavy atom. The van der Waals surface area contributed by atoms with Crippen molar-refractivity contribution in [3.8, 4) is 0 Å². The van der Waals surface area contributed by atoms with Crippen molar-refractivity contribution in [1.82, 2.24) is 4.90 Å². The van der Waals surface area contributed by atoms with Gasteiger partial charge in [-0.3, -0.25) is 9.59 Å². The molecule has 0 radical (unpaired) electrons. The predicted molar refractivity (Wildman–Crippen MR) is 65.1 cm³/mol. The van der Waals surface area contributed by atoms with E-state index in [1.165, 1.54) is 0 Å². The van der Waals surface area contributed by atoms with Crippen molar-refractivity contribution in [1.29, 1.82) is 0 Å². The van der Waals surface area contributed by atoms with Crippen molar-refractivity contribution in [3.05, 3.63) is 0 Å². The van der Waals surface area contributed by atoms with Crippen LogP contribution in [0.1, 0.15) is 39.0 Å². The summed E-state index contributed by atoms with van der Waals surface area (Å²) in [6, 6.07) is 0.0220. The Labute approximate surface area is 107 Å². The van der Waals surface area contributed by atoms with Crippen LogP contribution in [0.4, 0.5) is 0 Å². The average Bonchev–Trinajstić information content (AvgIpc) is 2.81. The molecule has 2 heterocycles. The minimum Gasteiger partial charge on any atom is -0.481 e. The van der Waals surface area contributed by atoms with Crippen molar-refractivity contribution >= 4 is 11.9 Å². The Morgan fingerprint density at radius 3 is 2.72 bits per heavy atom. The SMILES string of the molecule is CC1CC(C(=O)O)CCN1C(=O)CC1CCCO1. The lowest BCUT2D eigenvalue weighted by Crippen LogP contribution is -2.46. The van der Waals surface area contributed by atoms with Crippen LogP contribution in [-0.2, 0) is 14.3 Å². The molecule has 2 fully saturated rings. The summed E-state index contributed by atoms with van der Waals surface area (Å²) in [6.45, 7) is 3.25. The van der Waals surface area contributed by atoms with Gasteiger partial charge in [0.15, 0.2) is 0 Å². The molecule has 1 amide bonds. The molecule has 0 aromatic carbocycles. The number of rotatable bonds is 3. The third kappa shape index (κ3) is 3.02. The van der Waals surface area contributed by atoms with Crippen molar-refractivity contribution in [2.24, 2.45) is 5.92 Å². The molecule has 5 nitrogen and oxygen atoms in total. The van der Waals surface area contributed by atoms with Crippen LogP contribution in [-0.4, -0.2) is 47.2 Å². The van der Waals surface area contributed by atoms with Gasteiger partial charge in [-0.05, 0) is 32.6 Å². The summed E-state index contributed by atoms with van der Waals surface area (Å²) in [6.07, 6.45) is 3.65. The summed E-state index contributed by atoms with van der Waals surface area (Å²) in [4.78, 5) is 24.9. The largest absolute Gasteiger partial charge is 0.481 e. The van der Waals surface area contributed by atoms with Gasteiger partial charge in [-0.25, -0.2) is 0 Å². The first-order chi connectivity index (χ1) is 8.58. The van der Waals surface area contributed by atoms with E-state index in [2.05, 4.69) is 0 Å². The summed E-state index contributed by atoms with van der Waals surface area (Å²) in [5.41, 5.74) is 0. The molecule has 102 valence electrons. The Kier molecular flexibility index (Phi) is 4.22. The standard InChI is InChI=1S/C13H21NO4/c1-9-7-10(13(16)17)4-5-14(9)12(15)8-11-3-2-6-18-11/h9-11H,2-8H2,1H3,(H,16,17). The molecule has 0 bridgehead atoms. The van der Waals surface area contributed by atoms with Gasteiger partial charge < -0.3 is 14.7 Å². The molecule has 5 heteroatoms. The molecular formula is C13H21NO4. The summed E-state index contributed by atoms with van der Waals surface area (Å²) in [5.74, 6) is -0.932. The molecule has 0 aliphatic carbocycles. The van der Waals surface area contributed by atoms with E-state index in [4.69, 9.17) is 9.84 Å². The normalized spacial score (nSPS) is 32.5. The van der Waals surface area contributed by atoms with Gasteiger partial charge in [0.2, 0.25) is 5.91 Å². The molecule has 0 spiro atoms. The summed E-state index contributed by atoms with van der Waals surface area (Å²) < 4.78 is 5.47. The van der Waals surface area contributed by atoms with Gasteiger partial charge in [-0.15, -0.1) is 0 Å². The highest BCUT2D eigenvalue weighted by Crippen LogP contribution is 2.25. The zero-order chi connectivity index (χ0) is 13.1. The lowest BCUT2D eigenvalue weighted by atomic mass is 9.91. The monoisotopic (exact) mass is 255 g/mol. The van der Waals surface area contributed by atoms with Crippen molar-refractivity contribution in [2.45, 2.75) is 51.2 Å². The lowest BCUT2D eigenvalue weighted by molar-refractivity contribution is -0.148. The Bertz CT molecular complexity index is 325. The van der Waals surface area contributed by atoms with Crippen LogP contribution in [0.15, 0.2) is 0 Å². The third-order valence-corrected chi connectivity index (χ3v) is 3.97. The number of hydrogen-bond acceptors (Lipinski definition) is 3. The second-order valence-corrected chi connectivity index (χ2v) is 5.33. The van der Waals surface area contributed by atoms with Gasteiger partial charge in [-0.1, -0.05) is 0 Å². The Morgan fingerprint density at radius 1 is 1.39 bits per heavy atom. The van der Waals surface area contributed by atoms with Crippen LogP contribution in [0.5, 0.6) is 0 Å². The van der Waals surface area contributed by atoms with Crippen molar-refractivity contribution in [3.63, 3.8) is 0 Å². The van der Waals surface area contributed by atoms with E-state index >= 15 is 0 Å². The second-order valence-electron chi connectivity index (χ2n) is 5.33. The van der Waals surface area contributed by atoms with Gasteiger partial charge in [-0.2, -0.15) is 0 Å². The molecule has 2 saturated heterocycles. The van der Waals surface area contributed by atoms with Gasteiger partial charge in [0, 0.05) is 19.2 Å². The third-order valence-electron chi connectivity index (χ3n) is 3.97. The van der Waals surface area contributed by atoms with E-state index in [1.54, 1.807) is 0 Å². The highest BCUT2D eigenvalue weighted by molar-refractivity contribution is 5.78. The first-order valence-electron chi connectivity index (χ1n) is 6.72. The topological polar surface area (TPSA) is 66.8 Å². The molecule has 2 aliphatic heterocycles. The molecule has 3 unspecified atom stereocenters. The van der Waals surface area contributed by atoms with E-state index in [-0.39, 0.29) is 24.0 Å². The van der Waals surface area contributed by atoms with Crippen LogP contribution in [0.3, 0.4) is 0 Å². The average molecular weight is 255 g/mol. The second kappa shape index (κ2) is 5.69. The van der Waals surface area contributed by atoms with Crippen molar-refractivity contribution < 1.29 is 19.4 Å². The predicted octanol–water partition coefficient (Wildman–Crippen LogP) is 1.27. The van der Waals surface area contributed by atoms with E-state index < -0.39 is 5.97 Å². The number of nitrogens with zero attached hydrogens (tertiary/aromatic N) is 1.